The number of para-hydroxylation sites is 1. The maximum atomic E-state index is 13.5. The monoisotopic (exact) mass is 473 g/mol. The molecule has 5 rings (SSSR count). The van der Waals surface area contributed by atoms with Gasteiger partial charge in [-0.15, -0.1) is 0 Å². The van der Waals surface area contributed by atoms with Crippen LogP contribution in [0.1, 0.15) is 37.4 Å². The Labute approximate surface area is 199 Å². The molecule has 0 bridgehead atoms. The van der Waals surface area contributed by atoms with Gasteiger partial charge in [-0.1, -0.05) is 60.7 Å². The number of rotatable bonds is 5. The zero-order valence-corrected chi connectivity index (χ0v) is 18.3. The second-order valence-corrected chi connectivity index (χ2v) is 8.04. The second kappa shape index (κ2) is 8.76. The molecule has 2 amide bonds. The van der Waals surface area contributed by atoms with E-state index in [1.54, 1.807) is 24.3 Å². The quantitative estimate of drug-likeness (QED) is 0.297. The van der Waals surface area contributed by atoms with Crippen molar-refractivity contribution in [1.82, 2.24) is 0 Å². The number of hydrogen-bond donors (Lipinski definition) is 0. The average Bonchev–Trinajstić information content (AvgIpc) is 3.10. The summed E-state index contributed by atoms with van der Waals surface area (Å²) >= 11 is 0. The molecule has 4 aromatic carbocycles. The molecule has 4 aromatic rings. The van der Waals surface area contributed by atoms with Gasteiger partial charge in [0.05, 0.1) is 22.4 Å². The number of carbonyl (C=O) groups is 2. The van der Waals surface area contributed by atoms with E-state index in [1.807, 2.05) is 42.5 Å². The molecule has 0 radical (unpaired) electrons. The summed E-state index contributed by atoms with van der Waals surface area (Å²) in [6.07, 6.45) is -4.14. The highest BCUT2D eigenvalue weighted by Crippen LogP contribution is 2.42. The van der Waals surface area contributed by atoms with Crippen LogP contribution >= 0.6 is 0 Å². The van der Waals surface area contributed by atoms with Gasteiger partial charge >= 0.3 is 6.18 Å². The first-order valence-corrected chi connectivity index (χ1v) is 10.8. The van der Waals surface area contributed by atoms with Crippen LogP contribution in [0, 0.1) is 0 Å². The third-order valence-corrected chi connectivity index (χ3v) is 5.75. The van der Waals surface area contributed by atoms with Gasteiger partial charge in [0.2, 0.25) is 0 Å². The molecule has 0 aromatic heterocycles. The molecule has 174 valence electrons. The third-order valence-electron chi connectivity index (χ3n) is 5.75. The standard InChI is InChI=1S/C28H18F3NO3/c29-28(30,31)20-14-15-25(23(17-20)32-26(33)21-11-5-6-12-22(21)27(32)34)35-24-13-7-4-10-19(24)16-18-8-2-1-3-9-18/h1-15,17H,16H2. The summed E-state index contributed by atoms with van der Waals surface area (Å²) in [7, 11) is 0. The van der Waals surface area contributed by atoms with Gasteiger partial charge in [-0.2, -0.15) is 13.2 Å². The molecule has 0 atom stereocenters. The van der Waals surface area contributed by atoms with Gasteiger partial charge in [0, 0.05) is 6.42 Å². The average molecular weight is 473 g/mol. The van der Waals surface area contributed by atoms with E-state index in [-0.39, 0.29) is 22.6 Å². The Morgan fingerprint density at radius 2 is 1.29 bits per heavy atom. The van der Waals surface area contributed by atoms with Crippen molar-refractivity contribution in [3.63, 3.8) is 0 Å². The first-order valence-electron chi connectivity index (χ1n) is 10.8. The molecular formula is C28H18F3NO3. The van der Waals surface area contributed by atoms with E-state index in [9.17, 15) is 22.8 Å². The number of amides is 2. The number of nitrogens with zero attached hydrogens (tertiary/aromatic N) is 1. The summed E-state index contributed by atoms with van der Waals surface area (Å²) in [6.45, 7) is 0. The topological polar surface area (TPSA) is 46.6 Å². The molecule has 0 saturated heterocycles. The number of hydrogen-bond acceptors (Lipinski definition) is 3. The largest absolute Gasteiger partial charge is 0.455 e. The number of ether oxygens (including phenoxy) is 1. The number of imide groups is 1. The normalized spacial score (nSPS) is 13.2. The molecule has 1 aliphatic heterocycles. The van der Waals surface area contributed by atoms with Gasteiger partial charge in [0.15, 0.2) is 5.75 Å². The van der Waals surface area contributed by atoms with Gasteiger partial charge in [-0.05, 0) is 47.5 Å². The molecule has 35 heavy (non-hydrogen) atoms. The van der Waals surface area contributed by atoms with E-state index >= 15 is 0 Å². The lowest BCUT2D eigenvalue weighted by Gasteiger charge is -2.21. The minimum atomic E-state index is -4.67. The van der Waals surface area contributed by atoms with Crippen LogP contribution in [0.2, 0.25) is 0 Å². The SMILES string of the molecule is O=C1c2ccccc2C(=O)N1c1cc(C(F)(F)F)ccc1Oc1ccccc1Cc1ccccc1. The first-order chi connectivity index (χ1) is 16.8. The fraction of sp³-hybridized carbons (Fsp3) is 0.0714. The Morgan fingerprint density at radius 1 is 0.686 bits per heavy atom. The van der Waals surface area contributed by atoms with Crippen molar-refractivity contribution in [3.05, 3.63) is 125 Å². The molecule has 0 saturated carbocycles. The maximum absolute atomic E-state index is 13.5. The molecule has 0 spiro atoms. The van der Waals surface area contributed by atoms with Crippen LogP contribution < -0.4 is 9.64 Å². The van der Waals surface area contributed by atoms with Crippen molar-refractivity contribution in [2.24, 2.45) is 0 Å². The first kappa shape index (κ1) is 22.4. The van der Waals surface area contributed by atoms with Crippen molar-refractivity contribution in [2.45, 2.75) is 12.6 Å². The Hall–Kier alpha value is -4.39. The molecule has 1 aliphatic rings. The molecule has 4 nitrogen and oxygen atoms in total. The minimum absolute atomic E-state index is 0.0342. The van der Waals surface area contributed by atoms with Crippen molar-refractivity contribution >= 4 is 17.5 Å². The van der Waals surface area contributed by atoms with Crippen LogP contribution in [-0.4, -0.2) is 11.8 Å². The summed E-state index contributed by atoms with van der Waals surface area (Å²) < 4.78 is 46.7. The minimum Gasteiger partial charge on any atom is -0.455 e. The van der Waals surface area contributed by atoms with Crippen LogP contribution in [0.5, 0.6) is 11.5 Å². The van der Waals surface area contributed by atoms with E-state index in [2.05, 4.69) is 0 Å². The lowest BCUT2D eigenvalue weighted by molar-refractivity contribution is -0.137. The highest BCUT2D eigenvalue weighted by atomic mass is 19.4. The molecular weight excluding hydrogens is 455 g/mol. The van der Waals surface area contributed by atoms with Gasteiger partial charge in [0.1, 0.15) is 5.75 Å². The number of alkyl halides is 3. The van der Waals surface area contributed by atoms with Crippen LogP contribution in [0.3, 0.4) is 0 Å². The van der Waals surface area contributed by atoms with Crippen LogP contribution in [-0.2, 0) is 12.6 Å². The molecule has 0 unspecified atom stereocenters. The lowest BCUT2D eigenvalue weighted by Crippen LogP contribution is -2.30. The van der Waals surface area contributed by atoms with E-state index in [0.29, 0.717) is 12.2 Å². The van der Waals surface area contributed by atoms with E-state index < -0.39 is 23.6 Å². The highest BCUT2D eigenvalue weighted by Gasteiger charge is 2.40. The lowest BCUT2D eigenvalue weighted by atomic mass is 10.0. The van der Waals surface area contributed by atoms with Crippen LogP contribution in [0.4, 0.5) is 18.9 Å². The number of benzene rings is 4. The Balaban J connectivity index is 1.58. The Bertz CT molecular complexity index is 1400. The number of anilines is 1. The Morgan fingerprint density at radius 3 is 1.94 bits per heavy atom. The summed E-state index contributed by atoms with van der Waals surface area (Å²) in [5, 5.41) is 0. The number of carbonyl (C=O) groups excluding carboxylic acids is 2. The Kier molecular flexibility index (Phi) is 5.61. The summed E-state index contributed by atoms with van der Waals surface area (Å²) in [4.78, 5) is 26.8. The fourth-order valence-corrected chi connectivity index (χ4v) is 4.05. The summed E-state index contributed by atoms with van der Waals surface area (Å²) in [6, 6.07) is 25.7. The molecule has 0 N–H and O–H groups in total. The predicted octanol–water partition coefficient (Wildman–Crippen LogP) is 6.89. The smallest absolute Gasteiger partial charge is 0.416 e. The van der Waals surface area contributed by atoms with Crippen molar-refractivity contribution in [1.29, 1.82) is 0 Å². The van der Waals surface area contributed by atoms with E-state index in [1.165, 1.54) is 12.1 Å². The van der Waals surface area contributed by atoms with Gasteiger partial charge < -0.3 is 4.74 Å². The van der Waals surface area contributed by atoms with E-state index in [0.717, 1.165) is 34.2 Å². The van der Waals surface area contributed by atoms with Gasteiger partial charge in [0.25, 0.3) is 11.8 Å². The zero-order chi connectivity index (χ0) is 24.6. The third kappa shape index (κ3) is 4.28. The van der Waals surface area contributed by atoms with Crippen molar-refractivity contribution in [3.8, 4) is 11.5 Å². The van der Waals surface area contributed by atoms with Gasteiger partial charge in [-0.3, -0.25) is 9.59 Å². The number of fused-ring (bicyclic) bond motifs is 1. The zero-order valence-electron chi connectivity index (χ0n) is 18.3. The van der Waals surface area contributed by atoms with Crippen molar-refractivity contribution < 1.29 is 27.5 Å². The molecule has 1 heterocycles. The summed E-state index contributed by atoms with van der Waals surface area (Å²) in [5.74, 6) is -1.03. The fourth-order valence-electron chi connectivity index (χ4n) is 4.05. The van der Waals surface area contributed by atoms with Crippen LogP contribution in [0.15, 0.2) is 97.1 Å². The molecule has 0 aliphatic carbocycles. The van der Waals surface area contributed by atoms with Crippen LogP contribution in [0.25, 0.3) is 0 Å². The molecule has 0 fully saturated rings. The highest BCUT2D eigenvalue weighted by molar-refractivity contribution is 6.34. The van der Waals surface area contributed by atoms with Gasteiger partial charge in [-0.25, -0.2) is 4.90 Å². The second-order valence-electron chi connectivity index (χ2n) is 8.04. The van der Waals surface area contributed by atoms with E-state index in [4.69, 9.17) is 4.74 Å². The number of halogens is 3. The molecule has 7 heteroatoms. The predicted molar refractivity (Wildman–Crippen MR) is 125 cm³/mol. The summed E-state index contributed by atoms with van der Waals surface area (Å²) in [5.41, 5.74) is 0.827. The maximum Gasteiger partial charge on any atom is 0.416 e. The van der Waals surface area contributed by atoms with Crippen molar-refractivity contribution in [2.75, 3.05) is 4.90 Å².